The lowest BCUT2D eigenvalue weighted by Crippen LogP contribution is -2.49. The molecule has 0 spiro atoms. The van der Waals surface area contributed by atoms with Crippen molar-refractivity contribution in [1.29, 1.82) is 0 Å². The third kappa shape index (κ3) is 0.587. The molecule has 1 fully saturated rings. The molecule has 7 heavy (non-hydrogen) atoms. The van der Waals surface area contributed by atoms with Gasteiger partial charge in [0.1, 0.15) is 12.6 Å². The SMILES string of the molecule is CN[C@@H]1COC1=O. The summed E-state index contributed by atoms with van der Waals surface area (Å²) >= 11 is 0. The molecule has 1 atom stereocenters. The zero-order valence-electron chi connectivity index (χ0n) is 4.10. The normalized spacial score (nSPS) is 28.7. The van der Waals surface area contributed by atoms with E-state index in [2.05, 4.69) is 10.1 Å². The number of rotatable bonds is 1. The van der Waals surface area contributed by atoms with Gasteiger partial charge in [-0.25, -0.2) is 0 Å². The summed E-state index contributed by atoms with van der Waals surface area (Å²) in [5.41, 5.74) is 0. The van der Waals surface area contributed by atoms with E-state index in [1.54, 1.807) is 7.05 Å². The van der Waals surface area contributed by atoms with Crippen LogP contribution in [0.5, 0.6) is 0 Å². The van der Waals surface area contributed by atoms with Crippen LogP contribution in [0.25, 0.3) is 0 Å². The van der Waals surface area contributed by atoms with E-state index in [1.165, 1.54) is 0 Å². The van der Waals surface area contributed by atoms with Gasteiger partial charge in [0.25, 0.3) is 0 Å². The minimum atomic E-state index is -0.137. The molecule has 0 aromatic carbocycles. The van der Waals surface area contributed by atoms with Crippen LogP contribution in [0.2, 0.25) is 0 Å². The minimum Gasteiger partial charge on any atom is -0.462 e. The predicted octanol–water partition coefficient (Wildman–Crippen LogP) is -0.869. The predicted molar refractivity (Wildman–Crippen MR) is 23.8 cm³/mol. The van der Waals surface area contributed by atoms with Crippen LogP contribution in [0.3, 0.4) is 0 Å². The van der Waals surface area contributed by atoms with Crippen molar-refractivity contribution in [3.8, 4) is 0 Å². The molecule has 1 aliphatic rings. The highest BCUT2D eigenvalue weighted by atomic mass is 16.6. The zero-order valence-corrected chi connectivity index (χ0v) is 4.10. The summed E-state index contributed by atoms with van der Waals surface area (Å²) in [5.74, 6) is -0.137. The summed E-state index contributed by atoms with van der Waals surface area (Å²) in [6.07, 6.45) is 0. The van der Waals surface area contributed by atoms with Gasteiger partial charge in [0.2, 0.25) is 0 Å². The molecule has 40 valence electrons. The van der Waals surface area contributed by atoms with Crippen molar-refractivity contribution in [3.05, 3.63) is 0 Å². The fourth-order valence-electron chi connectivity index (χ4n) is 0.436. The average Bonchev–Trinajstić information content (AvgIpc) is 1.65. The monoisotopic (exact) mass is 101 g/mol. The summed E-state index contributed by atoms with van der Waals surface area (Å²) in [7, 11) is 1.74. The van der Waals surface area contributed by atoms with E-state index in [0.717, 1.165) is 0 Å². The molecule has 0 aliphatic carbocycles. The van der Waals surface area contributed by atoms with E-state index in [-0.39, 0.29) is 12.0 Å². The maximum Gasteiger partial charge on any atom is 0.326 e. The fourth-order valence-corrected chi connectivity index (χ4v) is 0.436. The van der Waals surface area contributed by atoms with Crippen LogP contribution in [-0.4, -0.2) is 25.7 Å². The second-order valence-electron chi connectivity index (χ2n) is 1.47. The summed E-state index contributed by atoms with van der Waals surface area (Å²) < 4.78 is 4.43. The molecule has 1 N–H and O–H groups in total. The quantitative estimate of drug-likeness (QED) is 0.436. The maximum absolute atomic E-state index is 10.2. The molecule has 0 saturated carbocycles. The molecule has 0 radical (unpaired) electrons. The molecule has 0 aromatic rings. The fraction of sp³-hybridized carbons (Fsp3) is 0.750. The van der Waals surface area contributed by atoms with E-state index in [0.29, 0.717) is 6.61 Å². The zero-order chi connectivity index (χ0) is 5.28. The van der Waals surface area contributed by atoms with Gasteiger partial charge < -0.3 is 10.1 Å². The largest absolute Gasteiger partial charge is 0.462 e. The molecule has 1 aliphatic heterocycles. The average molecular weight is 101 g/mol. The Morgan fingerprint density at radius 3 is 2.71 bits per heavy atom. The van der Waals surface area contributed by atoms with Gasteiger partial charge in [0.15, 0.2) is 0 Å². The van der Waals surface area contributed by atoms with Gasteiger partial charge in [-0.05, 0) is 7.05 Å². The topological polar surface area (TPSA) is 38.3 Å². The van der Waals surface area contributed by atoms with Gasteiger partial charge in [0, 0.05) is 0 Å². The smallest absolute Gasteiger partial charge is 0.326 e. The number of esters is 1. The Balaban J connectivity index is 2.29. The van der Waals surface area contributed by atoms with Crippen LogP contribution in [0.1, 0.15) is 0 Å². The standard InChI is InChI=1S/C4H7NO2/c1-5-3-2-7-4(3)6/h3,5H,2H2,1H3/t3-/m1/s1. The number of likely N-dealkylation sites (N-methyl/N-ethyl adjacent to an activating group) is 1. The Labute approximate surface area is 41.7 Å². The summed E-state index contributed by atoms with van der Waals surface area (Å²) in [4.78, 5) is 10.2. The second-order valence-corrected chi connectivity index (χ2v) is 1.47. The van der Waals surface area contributed by atoms with Crippen molar-refractivity contribution in [2.45, 2.75) is 6.04 Å². The second kappa shape index (κ2) is 1.50. The van der Waals surface area contributed by atoms with E-state index in [1.807, 2.05) is 0 Å². The van der Waals surface area contributed by atoms with Crippen molar-refractivity contribution in [2.75, 3.05) is 13.7 Å². The molecular formula is C4H7NO2. The Morgan fingerprint density at radius 2 is 2.71 bits per heavy atom. The van der Waals surface area contributed by atoms with Crippen LogP contribution in [0.15, 0.2) is 0 Å². The first kappa shape index (κ1) is 4.59. The van der Waals surface area contributed by atoms with E-state index in [4.69, 9.17) is 0 Å². The van der Waals surface area contributed by atoms with Gasteiger partial charge in [0.05, 0.1) is 0 Å². The van der Waals surface area contributed by atoms with Crippen molar-refractivity contribution in [1.82, 2.24) is 5.32 Å². The van der Waals surface area contributed by atoms with Gasteiger partial charge >= 0.3 is 5.97 Å². The molecule has 1 rings (SSSR count). The minimum absolute atomic E-state index is 0.0278. The van der Waals surface area contributed by atoms with Gasteiger partial charge in [-0.3, -0.25) is 4.79 Å². The van der Waals surface area contributed by atoms with Crippen LogP contribution >= 0.6 is 0 Å². The lowest BCUT2D eigenvalue weighted by molar-refractivity contribution is -0.162. The van der Waals surface area contributed by atoms with Crippen LogP contribution in [0, 0.1) is 0 Å². The first-order chi connectivity index (χ1) is 3.34. The van der Waals surface area contributed by atoms with E-state index >= 15 is 0 Å². The number of ether oxygens (including phenoxy) is 1. The number of carbonyl (C=O) groups is 1. The first-order valence-electron chi connectivity index (χ1n) is 2.18. The number of hydrogen-bond acceptors (Lipinski definition) is 3. The number of carbonyl (C=O) groups excluding carboxylic acids is 1. The maximum atomic E-state index is 10.2. The van der Waals surface area contributed by atoms with E-state index < -0.39 is 0 Å². The van der Waals surface area contributed by atoms with Crippen LogP contribution in [-0.2, 0) is 9.53 Å². The number of cyclic esters (lactones) is 1. The van der Waals surface area contributed by atoms with Crippen molar-refractivity contribution < 1.29 is 9.53 Å². The molecule has 1 heterocycles. The molecule has 1 saturated heterocycles. The Hall–Kier alpha value is -0.570. The highest BCUT2D eigenvalue weighted by Crippen LogP contribution is 1.99. The van der Waals surface area contributed by atoms with Crippen molar-refractivity contribution in [2.24, 2.45) is 0 Å². The first-order valence-corrected chi connectivity index (χ1v) is 2.18. The van der Waals surface area contributed by atoms with Crippen LogP contribution < -0.4 is 5.32 Å². The van der Waals surface area contributed by atoms with E-state index in [9.17, 15) is 4.79 Å². The Kier molecular flexibility index (Phi) is 0.982. The molecular weight excluding hydrogens is 94.0 g/mol. The molecule has 0 amide bonds. The lowest BCUT2D eigenvalue weighted by atomic mass is 10.2. The van der Waals surface area contributed by atoms with Crippen molar-refractivity contribution in [3.63, 3.8) is 0 Å². The highest BCUT2D eigenvalue weighted by molar-refractivity contribution is 5.80. The number of hydrogen-bond donors (Lipinski definition) is 1. The molecule has 3 heteroatoms. The highest BCUT2D eigenvalue weighted by Gasteiger charge is 2.28. The Bertz CT molecular complexity index is 89.7. The van der Waals surface area contributed by atoms with Gasteiger partial charge in [-0.15, -0.1) is 0 Å². The lowest BCUT2D eigenvalue weighted by Gasteiger charge is -2.22. The number of nitrogens with one attached hydrogen (secondary N) is 1. The molecule has 0 bridgehead atoms. The van der Waals surface area contributed by atoms with Gasteiger partial charge in [-0.1, -0.05) is 0 Å². The third-order valence-corrected chi connectivity index (χ3v) is 1.03. The molecule has 0 unspecified atom stereocenters. The summed E-state index contributed by atoms with van der Waals surface area (Å²) in [6.45, 7) is 0.537. The summed E-state index contributed by atoms with van der Waals surface area (Å²) in [5, 5.41) is 2.78. The molecule has 3 nitrogen and oxygen atoms in total. The summed E-state index contributed by atoms with van der Waals surface area (Å²) in [6, 6.07) is -0.0278. The Morgan fingerprint density at radius 1 is 2.00 bits per heavy atom. The third-order valence-electron chi connectivity index (χ3n) is 1.03. The van der Waals surface area contributed by atoms with Crippen molar-refractivity contribution >= 4 is 5.97 Å². The van der Waals surface area contributed by atoms with Crippen LogP contribution in [0.4, 0.5) is 0 Å². The van der Waals surface area contributed by atoms with Gasteiger partial charge in [-0.2, -0.15) is 0 Å². The molecule has 0 aromatic heterocycles.